The van der Waals surface area contributed by atoms with Crippen molar-refractivity contribution >= 4 is 40.2 Å². The van der Waals surface area contributed by atoms with Gasteiger partial charge in [-0.15, -0.1) is 0 Å². The van der Waals surface area contributed by atoms with Gasteiger partial charge in [0.1, 0.15) is 11.6 Å². The van der Waals surface area contributed by atoms with Crippen LogP contribution in [0.3, 0.4) is 0 Å². The maximum absolute atomic E-state index is 13.3. The average molecular weight is 415 g/mol. The van der Waals surface area contributed by atoms with Crippen LogP contribution in [-0.2, 0) is 11.3 Å². The Kier molecular flexibility index (Phi) is 5.16. The van der Waals surface area contributed by atoms with E-state index in [4.69, 9.17) is 4.42 Å². The summed E-state index contributed by atoms with van der Waals surface area (Å²) >= 11 is -2.25. The first-order chi connectivity index (χ1) is 14.0. The number of benzene rings is 1. The summed E-state index contributed by atoms with van der Waals surface area (Å²) in [6, 6.07) is 7.32. The van der Waals surface area contributed by atoms with Crippen LogP contribution in [0.5, 0.6) is 0 Å². The minimum Gasteiger partial charge on any atom is -0.437 e. The van der Waals surface area contributed by atoms with Crippen LogP contribution in [0.15, 0.2) is 40.8 Å². The van der Waals surface area contributed by atoms with E-state index in [-0.39, 0.29) is 22.9 Å². The van der Waals surface area contributed by atoms with E-state index in [1.54, 1.807) is 6.07 Å². The summed E-state index contributed by atoms with van der Waals surface area (Å²) in [5.74, 6) is -0.219. The van der Waals surface area contributed by atoms with Crippen LogP contribution in [0.1, 0.15) is 28.8 Å². The van der Waals surface area contributed by atoms with Crippen molar-refractivity contribution in [2.45, 2.75) is 12.8 Å². The Morgan fingerprint density at radius 1 is 1.34 bits per heavy atom. The van der Waals surface area contributed by atoms with Crippen LogP contribution >= 0.6 is 0 Å². The molecule has 1 aromatic carbocycles. The largest absolute Gasteiger partial charge is 0.437 e. The molecule has 0 saturated heterocycles. The van der Waals surface area contributed by atoms with Gasteiger partial charge in [0, 0.05) is 24.7 Å². The Labute approximate surface area is 168 Å². The Morgan fingerprint density at radius 3 is 2.79 bits per heavy atom. The van der Waals surface area contributed by atoms with Gasteiger partial charge in [-0.25, -0.2) is 8.60 Å². The predicted molar refractivity (Wildman–Crippen MR) is 109 cm³/mol. The quantitative estimate of drug-likeness (QED) is 0.636. The van der Waals surface area contributed by atoms with E-state index in [2.05, 4.69) is 10.3 Å². The van der Waals surface area contributed by atoms with Crippen molar-refractivity contribution in [2.75, 3.05) is 17.9 Å². The summed E-state index contributed by atoms with van der Waals surface area (Å²) in [5.41, 5.74) is 1.56. The van der Waals surface area contributed by atoms with Gasteiger partial charge in [0.15, 0.2) is 5.82 Å². The molecule has 0 fully saturated rings. The maximum atomic E-state index is 13.3. The van der Waals surface area contributed by atoms with Gasteiger partial charge in [0.2, 0.25) is 5.71 Å². The number of hydrogen-bond donors (Lipinski definition) is 2. The van der Waals surface area contributed by atoms with Crippen LogP contribution in [0.2, 0.25) is 0 Å². The SMILES string of the molecule is CNC(=O)c1c(-c2ccc(F)cc2)oc2nc3c(cc12)/C=C\CCCN3S(=O)O. The minimum absolute atomic E-state index is 0.158. The summed E-state index contributed by atoms with van der Waals surface area (Å²) in [4.78, 5) is 17.1. The number of anilines is 1. The zero-order valence-electron chi connectivity index (χ0n) is 15.5. The highest BCUT2D eigenvalue weighted by Gasteiger charge is 2.26. The van der Waals surface area contributed by atoms with Gasteiger partial charge in [-0.1, -0.05) is 12.2 Å². The molecular weight excluding hydrogens is 397 g/mol. The van der Waals surface area contributed by atoms with Gasteiger partial charge in [-0.05, 0) is 43.2 Å². The second-order valence-corrected chi connectivity index (χ2v) is 7.43. The number of amides is 1. The fourth-order valence-corrected chi connectivity index (χ4v) is 3.91. The second-order valence-electron chi connectivity index (χ2n) is 6.52. The summed E-state index contributed by atoms with van der Waals surface area (Å²) in [5, 5.41) is 3.06. The van der Waals surface area contributed by atoms with Gasteiger partial charge >= 0.3 is 0 Å². The molecule has 4 rings (SSSR count). The van der Waals surface area contributed by atoms with Gasteiger partial charge < -0.3 is 9.73 Å². The van der Waals surface area contributed by atoms with Crippen LogP contribution in [0.4, 0.5) is 10.2 Å². The zero-order chi connectivity index (χ0) is 20.5. The molecule has 1 amide bonds. The number of fused-ring (bicyclic) bond motifs is 2. The van der Waals surface area contributed by atoms with E-state index in [0.29, 0.717) is 35.3 Å². The number of carbonyl (C=O) groups is 1. The van der Waals surface area contributed by atoms with Crippen molar-refractivity contribution in [3.63, 3.8) is 0 Å². The van der Waals surface area contributed by atoms with Crippen molar-refractivity contribution < 1.29 is 22.4 Å². The molecule has 0 radical (unpaired) electrons. The molecule has 0 bridgehead atoms. The smallest absolute Gasteiger partial charge is 0.263 e. The summed E-state index contributed by atoms with van der Waals surface area (Å²) in [7, 11) is 1.51. The molecule has 0 saturated carbocycles. The Balaban J connectivity index is 2.00. The van der Waals surface area contributed by atoms with Gasteiger partial charge in [0.25, 0.3) is 17.2 Å². The van der Waals surface area contributed by atoms with Crippen molar-refractivity contribution in [1.29, 1.82) is 0 Å². The molecule has 3 heterocycles. The van der Waals surface area contributed by atoms with Crippen LogP contribution < -0.4 is 9.62 Å². The standard InChI is InChI=1S/C20H18FN3O4S/c1-22-19(25)16-15-11-13-5-3-2-4-10-24(29(26)27)18(13)23-20(15)28-17(16)12-6-8-14(21)9-7-12/h3,5-9,11H,2,4,10H2,1H3,(H,22,25)(H,26,27)/b5-3-. The fourth-order valence-electron chi connectivity index (χ4n) is 3.33. The molecule has 0 aliphatic carbocycles. The lowest BCUT2D eigenvalue weighted by Gasteiger charge is -2.21. The molecule has 2 aromatic heterocycles. The highest BCUT2D eigenvalue weighted by atomic mass is 32.2. The molecule has 150 valence electrons. The Hall–Kier alpha value is -3.04. The van der Waals surface area contributed by atoms with Gasteiger partial charge in [0.05, 0.1) is 10.9 Å². The topological polar surface area (TPSA) is 95.7 Å². The van der Waals surface area contributed by atoms with Crippen molar-refractivity contribution in [2.24, 2.45) is 0 Å². The fraction of sp³-hybridized carbons (Fsp3) is 0.200. The zero-order valence-corrected chi connectivity index (χ0v) is 16.3. The van der Waals surface area contributed by atoms with E-state index in [9.17, 15) is 17.9 Å². The average Bonchev–Trinajstić information content (AvgIpc) is 3.06. The third kappa shape index (κ3) is 3.54. The molecule has 1 unspecified atom stereocenters. The van der Waals surface area contributed by atoms with Crippen LogP contribution in [0.25, 0.3) is 28.5 Å². The van der Waals surface area contributed by atoms with Gasteiger partial charge in [-0.3, -0.25) is 13.7 Å². The van der Waals surface area contributed by atoms with E-state index >= 15 is 0 Å². The van der Waals surface area contributed by atoms with Crippen molar-refractivity contribution in [3.05, 3.63) is 53.4 Å². The lowest BCUT2D eigenvalue weighted by atomic mass is 10.0. The summed E-state index contributed by atoms with van der Waals surface area (Å²) in [6.45, 7) is 0.354. The number of nitrogens with one attached hydrogen (secondary N) is 1. The van der Waals surface area contributed by atoms with Crippen molar-refractivity contribution in [1.82, 2.24) is 10.3 Å². The lowest BCUT2D eigenvalue weighted by Crippen LogP contribution is -2.28. The molecule has 1 aliphatic heterocycles. The third-order valence-electron chi connectivity index (χ3n) is 4.71. The molecule has 0 spiro atoms. The first-order valence-corrected chi connectivity index (χ1v) is 10.1. The molecule has 7 nitrogen and oxygen atoms in total. The molecule has 2 N–H and O–H groups in total. The maximum Gasteiger partial charge on any atom is 0.263 e. The highest BCUT2D eigenvalue weighted by molar-refractivity contribution is 7.80. The monoisotopic (exact) mass is 415 g/mol. The number of hydrogen-bond acceptors (Lipinski definition) is 4. The molecule has 1 aliphatic rings. The Morgan fingerprint density at radius 2 is 2.10 bits per heavy atom. The molecule has 1 atom stereocenters. The summed E-state index contributed by atoms with van der Waals surface area (Å²) < 4.78 is 42.1. The van der Waals surface area contributed by atoms with E-state index < -0.39 is 17.1 Å². The molecule has 3 aromatic rings. The molecular formula is C20H18FN3O4S. The predicted octanol–water partition coefficient (Wildman–Crippen LogP) is 3.74. The number of carbonyl (C=O) groups excluding carboxylic acids is 1. The third-order valence-corrected chi connectivity index (χ3v) is 5.44. The van der Waals surface area contributed by atoms with Gasteiger partial charge in [-0.2, -0.15) is 4.98 Å². The van der Waals surface area contributed by atoms with E-state index in [1.807, 2.05) is 12.2 Å². The number of rotatable bonds is 3. The van der Waals surface area contributed by atoms with E-state index in [1.165, 1.54) is 35.6 Å². The van der Waals surface area contributed by atoms with Crippen LogP contribution in [-0.4, -0.2) is 33.2 Å². The first-order valence-electron chi connectivity index (χ1n) is 9.00. The van der Waals surface area contributed by atoms with Crippen LogP contribution in [0, 0.1) is 5.82 Å². The molecule has 29 heavy (non-hydrogen) atoms. The van der Waals surface area contributed by atoms with Crippen molar-refractivity contribution in [3.8, 4) is 11.3 Å². The summed E-state index contributed by atoms with van der Waals surface area (Å²) in [6.07, 6.45) is 5.23. The normalized spacial score (nSPS) is 16.0. The first kappa shape index (κ1) is 19.3. The number of nitrogens with zero attached hydrogens (tertiary/aromatic N) is 2. The second kappa shape index (κ2) is 7.76. The number of pyridine rings is 1. The number of aromatic nitrogens is 1. The number of halogens is 1. The minimum atomic E-state index is -2.25. The van der Waals surface area contributed by atoms with E-state index in [0.717, 1.165) is 6.42 Å². The number of furan rings is 1. The Bertz CT molecular complexity index is 1140. The highest BCUT2D eigenvalue weighted by Crippen LogP contribution is 2.36. The molecule has 9 heteroatoms. The number of allylic oxidation sites excluding steroid dienone is 1. The lowest BCUT2D eigenvalue weighted by molar-refractivity contribution is 0.0964.